The first-order valence-corrected chi connectivity index (χ1v) is 9.60. The van der Waals surface area contributed by atoms with Gasteiger partial charge in [-0.3, -0.25) is 10.1 Å². The van der Waals surface area contributed by atoms with E-state index in [4.69, 9.17) is 9.15 Å². The quantitative estimate of drug-likeness (QED) is 0.537. The van der Waals surface area contributed by atoms with E-state index in [9.17, 15) is 14.7 Å². The third-order valence-electron chi connectivity index (χ3n) is 4.56. The summed E-state index contributed by atoms with van der Waals surface area (Å²) in [6, 6.07) is 2.96. The van der Waals surface area contributed by atoms with Gasteiger partial charge in [0.15, 0.2) is 5.76 Å². The first-order chi connectivity index (χ1) is 14.0. The van der Waals surface area contributed by atoms with Crippen molar-refractivity contribution in [3.8, 4) is 10.9 Å². The number of aromatic nitrogens is 4. The zero-order valence-corrected chi connectivity index (χ0v) is 16.4. The number of hydrogen-bond acceptors (Lipinski definition) is 10. The van der Waals surface area contributed by atoms with Gasteiger partial charge in [0.1, 0.15) is 0 Å². The highest BCUT2D eigenvalue weighted by molar-refractivity contribution is 7.17. The molecule has 0 aliphatic heterocycles. The lowest BCUT2D eigenvalue weighted by Crippen LogP contribution is -2.43. The highest BCUT2D eigenvalue weighted by Gasteiger charge is 2.30. The third kappa shape index (κ3) is 3.71. The van der Waals surface area contributed by atoms with E-state index in [1.54, 1.807) is 10.9 Å². The molecular formula is C17H18N6O5S. The molecule has 0 radical (unpaired) electrons. The molecule has 1 aliphatic carbocycles. The van der Waals surface area contributed by atoms with Gasteiger partial charge in [-0.05, 0) is 25.8 Å². The van der Waals surface area contributed by atoms with Crippen molar-refractivity contribution in [3.05, 3.63) is 40.2 Å². The summed E-state index contributed by atoms with van der Waals surface area (Å²) in [7, 11) is 1.33. The molecule has 0 saturated heterocycles. The minimum atomic E-state index is -0.804. The molecule has 3 N–H and O–H groups in total. The second kappa shape index (κ2) is 7.64. The molecule has 1 amide bonds. The maximum atomic E-state index is 12.6. The van der Waals surface area contributed by atoms with E-state index in [0.717, 1.165) is 23.5 Å². The molecule has 0 aromatic carbocycles. The zero-order valence-electron chi connectivity index (χ0n) is 15.6. The lowest BCUT2D eigenvalue weighted by molar-refractivity contribution is 0.0784. The van der Waals surface area contributed by atoms with Gasteiger partial charge in [-0.25, -0.2) is 9.48 Å². The minimum absolute atomic E-state index is 0.0620. The second-order valence-corrected chi connectivity index (χ2v) is 7.42. The molecule has 0 bridgehead atoms. The Morgan fingerprint density at radius 3 is 2.86 bits per heavy atom. The predicted molar refractivity (Wildman–Crippen MR) is 104 cm³/mol. The van der Waals surface area contributed by atoms with Gasteiger partial charge in [0.05, 0.1) is 24.9 Å². The molecule has 1 saturated carbocycles. The molecule has 1 aliphatic rings. The number of ether oxygens (including phenoxy) is 1. The maximum Gasteiger partial charge on any atom is 0.381 e. The number of amides is 1. The van der Waals surface area contributed by atoms with Gasteiger partial charge in [0.2, 0.25) is 16.0 Å². The number of carbonyl (C=O) groups excluding carboxylic acids is 1. The molecule has 12 heteroatoms. The number of aryl methyl sites for hydroxylation is 1. The van der Waals surface area contributed by atoms with Crippen molar-refractivity contribution in [1.82, 2.24) is 20.0 Å². The summed E-state index contributed by atoms with van der Waals surface area (Å²) in [6.45, 7) is 1.87. The Hall–Kier alpha value is -3.25. The molecule has 29 heavy (non-hydrogen) atoms. The Morgan fingerprint density at radius 2 is 2.24 bits per heavy atom. The molecular weight excluding hydrogens is 400 g/mol. The van der Waals surface area contributed by atoms with Crippen molar-refractivity contribution < 1.29 is 19.1 Å². The van der Waals surface area contributed by atoms with E-state index in [-0.39, 0.29) is 28.4 Å². The zero-order chi connectivity index (χ0) is 20.5. The van der Waals surface area contributed by atoms with Gasteiger partial charge in [0, 0.05) is 18.0 Å². The highest BCUT2D eigenvalue weighted by atomic mass is 32.1. The van der Waals surface area contributed by atoms with Crippen LogP contribution in [0, 0.1) is 6.92 Å². The number of methoxy groups -OCH3 is 1. The standard InChI is InChI=1S/C17H18N6O5S/c1-8-5-6-18-23(8)17-22-21-16(29-17)20-14(25)12-7-10(13(27-2)15(26)28-12)19-9-3-4-11(9)24/h5-7,9,11,19,24H,3-4H2,1-2H3,(H,20,21,25)/t9-,11+/m1/s1. The third-order valence-corrected chi connectivity index (χ3v) is 5.38. The average molecular weight is 418 g/mol. The van der Waals surface area contributed by atoms with Crippen LogP contribution in [0.5, 0.6) is 5.75 Å². The lowest BCUT2D eigenvalue weighted by Gasteiger charge is -2.34. The van der Waals surface area contributed by atoms with E-state index in [1.165, 1.54) is 13.2 Å². The van der Waals surface area contributed by atoms with Crippen LogP contribution in [0.3, 0.4) is 0 Å². The molecule has 4 rings (SSSR count). The largest absolute Gasteiger partial charge is 0.488 e. The van der Waals surface area contributed by atoms with Crippen molar-refractivity contribution in [3.63, 3.8) is 0 Å². The molecule has 3 heterocycles. The Labute approximate surface area is 168 Å². The highest BCUT2D eigenvalue weighted by Crippen LogP contribution is 2.29. The van der Waals surface area contributed by atoms with E-state index in [2.05, 4.69) is 25.9 Å². The topological polar surface area (TPSA) is 144 Å². The summed E-state index contributed by atoms with van der Waals surface area (Å²) < 4.78 is 11.7. The van der Waals surface area contributed by atoms with Gasteiger partial charge in [0.25, 0.3) is 5.91 Å². The van der Waals surface area contributed by atoms with Gasteiger partial charge in [-0.1, -0.05) is 11.3 Å². The van der Waals surface area contributed by atoms with E-state index in [1.807, 2.05) is 13.0 Å². The van der Waals surface area contributed by atoms with Gasteiger partial charge in [-0.15, -0.1) is 10.2 Å². The van der Waals surface area contributed by atoms with E-state index < -0.39 is 17.6 Å². The fraction of sp³-hybridized carbons (Fsp3) is 0.353. The van der Waals surface area contributed by atoms with Crippen molar-refractivity contribution in [2.45, 2.75) is 31.9 Å². The number of aliphatic hydroxyl groups excluding tert-OH is 1. The van der Waals surface area contributed by atoms with Crippen LogP contribution in [0.2, 0.25) is 0 Å². The molecule has 1 fully saturated rings. The normalized spacial score (nSPS) is 18.2. The van der Waals surface area contributed by atoms with E-state index >= 15 is 0 Å². The molecule has 3 aromatic heterocycles. The number of aliphatic hydroxyl groups is 1. The van der Waals surface area contributed by atoms with Crippen LogP contribution in [-0.4, -0.2) is 50.2 Å². The summed E-state index contributed by atoms with van der Waals surface area (Å²) in [5.41, 5.74) is 0.346. The Kier molecular flexibility index (Phi) is 5.03. The second-order valence-electron chi connectivity index (χ2n) is 6.47. The van der Waals surface area contributed by atoms with Crippen molar-refractivity contribution in [1.29, 1.82) is 0 Å². The van der Waals surface area contributed by atoms with Crippen molar-refractivity contribution in [2.24, 2.45) is 0 Å². The maximum absolute atomic E-state index is 12.6. The number of rotatable bonds is 6. The number of nitrogens with zero attached hydrogens (tertiary/aromatic N) is 4. The minimum Gasteiger partial charge on any atom is -0.488 e. The summed E-state index contributed by atoms with van der Waals surface area (Å²) >= 11 is 1.12. The monoisotopic (exact) mass is 418 g/mol. The van der Waals surface area contributed by atoms with Crippen LogP contribution < -0.4 is 21.0 Å². The average Bonchev–Trinajstić information content (AvgIpc) is 3.33. The van der Waals surface area contributed by atoms with Crippen molar-refractivity contribution >= 4 is 28.1 Å². The van der Waals surface area contributed by atoms with Crippen molar-refractivity contribution in [2.75, 3.05) is 17.7 Å². The Balaban J connectivity index is 1.55. The number of hydrogen-bond donors (Lipinski definition) is 3. The van der Waals surface area contributed by atoms with Gasteiger partial charge in [-0.2, -0.15) is 5.10 Å². The van der Waals surface area contributed by atoms with Crippen LogP contribution in [0.1, 0.15) is 29.1 Å². The fourth-order valence-corrected chi connectivity index (χ4v) is 3.58. The molecule has 11 nitrogen and oxygen atoms in total. The summed E-state index contributed by atoms with van der Waals surface area (Å²) in [5, 5.41) is 28.1. The Morgan fingerprint density at radius 1 is 1.41 bits per heavy atom. The summed E-state index contributed by atoms with van der Waals surface area (Å²) in [5.74, 6) is -0.950. The fourth-order valence-electron chi connectivity index (χ4n) is 2.83. The number of anilines is 2. The number of carbonyl (C=O) groups is 1. The predicted octanol–water partition coefficient (Wildman–Crippen LogP) is 1.18. The Bertz CT molecular complexity index is 1110. The van der Waals surface area contributed by atoms with Crippen LogP contribution in [-0.2, 0) is 0 Å². The summed E-state index contributed by atoms with van der Waals surface area (Å²) in [4.78, 5) is 24.8. The van der Waals surface area contributed by atoms with Gasteiger partial charge >= 0.3 is 5.63 Å². The molecule has 0 unspecified atom stereocenters. The molecule has 2 atom stereocenters. The smallest absolute Gasteiger partial charge is 0.381 e. The SMILES string of the molecule is COc1c(N[C@@H]2CC[C@@H]2O)cc(C(=O)Nc2nnc(-n3nccc3C)s2)oc1=O. The van der Waals surface area contributed by atoms with E-state index in [0.29, 0.717) is 11.6 Å². The van der Waals surface area contributed by atoms with Crippen LogP contribution in [0.15, 0.2) is 27.5 Å². The first kappa shape index (κ1) is 19.1. The molecule has 152 valence electrons. The van der Waals surface area contributed by atoms with Crippen LogP contribution >= 0.6 is 11.3 Å². The molecule has 3 aromatic rings. The van der Waals surface area contributed by atoms with Crippen LogP contribution in [0.25, 0.3) is 5.13 Å². The van der Waals surface area contributed by atoms with Gasteiger partial charge < -0.3 is 19.6 Å². The van der Waals surface area contributed by atoms with Crippen LogP contribution in [0.4, 0.5) is 10.8 Å². The number of nitrogens with one attached hydrogen (secondary N) is 2. The first-order valence-electron chi connectivity index (χ1n) is 8.79. The molecule has 0 spiro atoms. The lowest BCUT2D eigenvalue weighted by atomic mass is 9.89. The summed E-state index contributed by atoms with van der Waals surface area (Å²) in [6.07, 6.45) is 2.53.